The minimum absolute atomic E-state index is 0.0289. The Morgan fingerprint density at radius 1 is 1.16 bits per heavy atom. The van der Waals surface area contributed by atoms with Crippen molar-refractivity contribution in [1.82, 2.24) is 14.9 Å². The second-order valence-electron chi connectivity index (χ2n) is 11.0. The summed E-state index contributed by atoms with van der Waals surface area (Å²) in [7, 11) is 0. The molecular formula is C28H34N4O6. The molecule has 0 radical (unpaired) electrons. The van der Waals surface area contributed by atoms with Gasteiger partial charge in [0.1, 0.15) is 18.5 Å². The van der Waals surface area contributed by atoms with Gasteiger partial charge >= 0.3 is 0 Å². The molecule has 2 heterocycles. The summed E-state index contributed by atoms with van der Waals surface area (Å²) in [5.74, 6) is 0.783. The van der Waals surface area contributed by atoms with Gasteiger partial charge in [-0.1, -0.05) is 6.07 Å². The molecule has 3 aromatic rings. The van der Waals surface area contributed by atoms with Crippen molar-refractivity contribution in [2.75, 3.05) is 13.2 Å². The topological polar surface area (TPSA) is 137 Å². The maximum atomic E-state index is 13.0. The van der Waals surface area contributed by atoms with Crippen LogP contribution in [0.25, 0.3) is 5.52 Å². The number of para-hydroxylation sites is 1. The first-order chi connectivity index (χ1) is 18.1. The zero-order chi connectivity index (χ0) is 27.1. The number of rotatable bonds is 10. The number of amides is 2. The van der Waals surface area contributed by atoms with Gasteiger partial charge in [-0.05, 0) is 76.1 Å². The Bertz CT molecular complexity index is 1350. The van der Waals surface area contributed by atoms with Crippen LogP contribution in [0.2, 0.25) is 0 Å². The number of nitrogens with two attached hydrogens (primary N) is 1. The number of nitrogens with one attached hydrogen (secondary N) is 1. The van der Waals surface area contributed by atoms with E-state index >= 15 is 0 Å². The van der Waals surface area contributed by atoms with Gasteiger partial charge < -0.3 is 30.4 Å². The van der Waals surface area contributed by atoms with Crippen LogP contribution in [0.15, 0.2) is 42.7 Å². The first kappa shape index (κ1) is 25.8. The minimum Gasteiger partial charge on any atom is -0.490 e. The molecule has 1 spiro atoms. The van der Waals surface area contributed by atoms with Gasteiger partial charge in [0.15, 0.2) is 11.5 Å². The molecule has 0 saturated heterocycles. The number of fused-ring (bicyclic) bond motifs is 1. The van der Waals surface area contributed by atoms with Crippen molar-refractivity contribution in [2.45, 2.75) is 64.2 Å². The normalized spacial score (nSPS) is 22.4. The van der Waals surface area contributed by atoms with E-state index in [2.05, 4.69) is 10.4 Å². The van der Waals surface area contributed by atoms with E-state index in [-0.39, 0.29) is 30.1 Å². The molecule has 2 amide bonds. The van der Waals surface area contributed by atoms with Crippen molar-refractivity contribution in [3.05, 3.63) is 53.9 Å². The molecule has 5 rings (SSSR count). The van der Waals surface area contributed by atoms with Crippen LogP contribution in [0.5, 0.6) is 17.2 Å². The monoisotopic (exact) mass is 522 g/mol. The van der Waals surface area contributed by atoms with Crippen molar-refractivity contribution in [3.8, 4) is 17.2 Å². The minimum atomic E-state index is -0.947. The van der Waals surface area contributed by atoms with Gasteiger partial charge in [-0.15, -0.1) is 0 Å². The number of aromatic nitrogens is 2. The highest BCUT2D eigenvalue weighted by Gasteiger charge is 2.54. The van der Waals surface area contributed by atoms with Gasteiger partial charge in [-0.3, -0.25) is 9.59 Å². The van der Waals surface area contributed by atoms with Crippen molar-refractivity contribution in [1.29, 1.82) is 0 Å². The largest absolute Gasteiger partial charge is 0.490 e. The Hall–Kier alpha value is -3.79. The molecule has 38 heavy (non-hydrogen) atoms. The van der Waals surface area contributed by atoms with Crippen LogP contribution < -0.4 is 25.3 Å². The van der Waals surface area contributed by atoms with Crippen molar-refractivity contribution < 1.29 is 28.9 Å². The Kier molecular flexibility index (Phi) is 6.68. The lowest BCUT2D eigenvalue weighted by Gasteiger charge is -2.57. The van der Waals surface area contributed by atoms with Gasteiger partial charge in [-0.2, -0.15) is 5.10 Å². The second kappa shape index (κ2) is 9.83. The lowest BCUT2D eigenvalue weighted by Crippen LogP contribution is -2.58. The van der Waals surface area contributed by atoms with Gasteiger partial charge in [0.2, 0.25) is 0 Å². The maximum Gasteiger partial charge on any atom is 0.255 e. The molecule has 1 aromatic carbocycles. The second-order valence-corrected chi connectivity index (χ2v) is 11.0. The van der Waals surface area contributed by atoms with E-state index in [1.54, 1.807) is 61.1 Å². The standard InChI is InChI=1S/C28H34N4O6/c1-4-36-23-7-5-6-20(25(29)33)24(23)38-19-12-28(13-19)10-17(11-28)31-26(34)21-14-30-32-15-18(8-9-22(21)32)37-16-27(2,3)35/h5-9,14-15,17,19,35H,4,10-13,16H2,1-3H3,(H2,29,33)(H,31,34). The van der Waals surface area contributed by atoms with Crippen LogP contribution in [0.4, 0.5) is 0 Å². The molecule has 10 heteroatoms. The number of aliphatic hydroxyl groups is 1. The zero-order valence-electron chi connectivity index (χ0n) is 21.9. The summed E-state index contributed by atoms with van der Waals surface area (Å²) in [6.45, 7) is 5.82. The molecule has 202 valence electrons. The molecule has 2 saturated carbocycles. The number of hydrogen-bond donors (Lipinski definition) is 3. The molecule has 0 atom stereocenters. The molecule has 0 unspecified atom stereocenters. The number of primary amides is 1. The Labute approximate surface area is 221 Å². The third-order valence-electron chi connectivity index (χ3n) is 7.17. The Morgan fingerprint density at radius 2 is 1.92 bits per heavy atom. The number of nitrogens with zero attached hydrogens (tertiary/aromatic N) is 2. The Morgan fingerprint density at radius 3 is 2.61 bits per heavy atom. The van der Waals surface area contributed by atoms with Crippen molar-refractivity contribution in [2.24, 2.45) is 11.1 Å². The Balaban J connectivity index is 1.15. The van der Waals surface area contributed by atoms with E-state index < -0.39 is 11.5 Å². The van der Waals surface area contributed by atoms with E-state index in [1.807, 2.05) is 6.92 Å². The summed E-state index contributed by atoms with van der Waals surface area (Å²) in [4.78, 5) is 24.9. The number of carbonyl (C=O) groups is 2. The fourth-order valence-electron chi connectivity index (χ4n) is 5.43. The van der Waals surface area contributed by atoms with Crippen LogP contribution in [-0.4, -0.2) is 57.5 Å². The average molecular weight is 523 g/mol. The highest BCUT2D eigenvalue weighted by molar-refractivity contribution is 6.00. The number of ether oxygens (including phenoxy) is 3. The number of benzene rings is 1. The first-order valence-corrected chi connectivity index (χ1v) is 12.9. The van der Waals surface area contributed by atoms with Gasteiger partial charge in [0.25, 0.3) is 11.8 Å². The summed E-state index contributed by atoms with van der Waals surface area (Å²) in [5.41, 5.74) is 6.24. The summed E-state index contributed by atoms with van der Waals surface area (Å²) < 4.78 is 19.0. The molecule has 2 aliphatic rings. The number of pyridine rings is 1. The van der Waals surface area contributed by atoms with Crippen LogP contribution >= 0.6 is 0 Å². The molecule has 2 aliphatic carbocycles. The van der Waals surface area contributed by atoms with E-state index in [0.29, 0.717) is 40.5 Å². The summed E-state index contributed by atoms with van der Waals surface area (Å²) in [6.07, 6.45) is 6.67. The van der Waals surface area contributed by atoms with Crippen LogP contribution in [0, 0.1) is 5.41 Å². The van der Waals surface area contributed by atoms with Gasteiger partial charge in [0, 0.05) is 6.04 Å². The number of carbonyl (C=O) groups excluding carboxylic acids is 2. The molecule has 2 aromatic heterocycles. The van der Waals surface area contributed by atoms with E-state index in [1.165, 1.54) is 0 Å². The van der Waals surface area contributed by atoms with Crippen molar-refractivity contribution >= 4 is 17.3 Å². The molecular weight excluding hydrogens is 488 g/mol. The smallest absolute Gasteiger partial charge is 0.255 e. The molecule has 4 N–H and O–H groups in total. The van der Waals surface area contributed by atoms with Crippen LogP contribution in [0.1, 0.15) is 67.2 Å². The zero-order valence-corrected chi connectivity index (χ0v) is 21.9. The predicted molar refractivity (Wildman–Crippen MR) is 140 cm³/mol. The third-order valence-corrected chi connectivity index (χ3v) is 7.17. The SMILES string of the molecule is CCOc1cccc(C(N)=O)c1OC1CC2(CC(NC(=O)c3cnn4cc(OCC(C)(C)O)ccc34)C2)C1. The maximum absolute atomic E-state index is 13.0. The van der Waals surface area contributed by atoms with E-state index in [9.17, 15) is 14.7 Å². The third kappa shape index (κ3) is 5.26. The quantitative estimate of drug-likeness (QED) is 0.372. The molecule has 0 bridgehead atoms. The highest BCUT2D eigenvalue weighted by atomic mass is 16.5. The fourth-order valence-corrected chi connectivity index (χ4v) is 5.43. The fraction of sp³-hybridized carbons (Fsp3) is 0.464. The first-order valence-electron chi connectivity index (χ1n) is 12.9. The van der Waals surface area contributed by atoms with Crippen molar-refractivity contribution in [3.63, 3.8) is 0 Å². The molecule has 10 nitrogen and oxygen atoms in total. The predicted octanol–water partition coefficient (Wildman–Crippen LogP) is 3.10. The molecule has 0 aliphatic heterocycles. The summed E-state index contributed by atoms with van der Waals surface area (Å²) in [5, 5.41) is 17.3. The van der Waals surface area contributed by atoms with Gasteiger partial charge in [-0.25, -0.2) is 4.52 Å². The summed E-state index contributed by atoms with van der Waals surface area (Å²) >= 11 is 0. The number of hydrogen-bond acceptors (Lipinski definition) is 7. The van der Waals surface area contributed by atoms with Crippen LogP contribution in [-0.2, 0) is 0 Å². The average Bonchev–Trinajstić information content (AvgIpc) is 3.23. The molecule has 2 fully saturated rings. The lowest BCUT2D eigenvalue weighted by atomic mass is 9.53. The van der Waals surface area contributed by atoms with E-state index in [4.69, 9.17) is 19.9 Å². The van der Waals surface area contributed by atoms with Crippen LogP contribution in [0.3, 0.4) is 0 Å². The summed E-state index contributed by atoms with van der Waals surface area (Å²) in [6, 6.07) is 8.79. The lowest BCUT2D eigenvalue weighted by molar-refractivity contribution is -0.0841. The van der Waals surface area contributed by atoms with Gasteiger partial charge in [0.05, 0.1) is 41.2 Å². The highest BCUT2D eigenvalue weighted by Crippen LogP contribution is 2.57. The van der Waals surface area contributed by atoms with E-state index in [0.717, 1.165) is 25.7 Å².